The van der Waals surface area contributed by atoms with Gasteiger partial charge >= 0.3 is 12.0 Å². The Morgan fingerprint density at radius 2 is 2.20 bits per heavy atom. The number of rotatable bonds is 2. The molecule has 2 heterocycles. The highest BCUT2D eigenvalue weighted by Crippen LogP contribution is 2.18. The van der Waals surface area contributed by atoms with Crippen molar-refractivity contribution in [2.24, 2.45) is 5.92 Å². The first-order valence-electron chi connectivity index (χ1n) is 6.47. The van der Waals surface area contributed by atoms with E-state index < -0.39 is 11.9 Å². The molecule has 0 bridgehead atoms. The second-order valence-electron chi connectivity index (χ2n) is 4.98. The van der Waals surface area contributed by atoms with Crippen molar-refractivity contribution in [2.45, 2.75) is 25.6 Å². The number of carbonyl (C=O) groups excluding carboxylic acids is 1. The van der Waals surface area contributed by atoms with Crippen molar-refractivity contribution >= 4 is 12.0 Å². The number of amides is 2. The molecule has 0 spiro atoms. The van der Waals surface area contributed by atoms with Crippen LogP contribution in [0.25, 0.3) is 0 Å². The lowest BCUT2D eigenvalue weighted by Gasteiger charge is -2.28. The topological polar surface area (TPSA) is 100 Å². The summed E-state index contributed by atoms with van der Waals surface area (Å²) in [5.74, 6) is -0.606. The minimum atomic E-state index is -0.857. The Morgan fingerprint density at radius 3 is 2.95 bits per heavy atom. The van der Waals surface area contributed by atoms with Crippen molar-refractivity contribution in [3.05, 3.63) is 24.3 Å². The first-order chi connectivity index (χ1) is 9.63. The fraction of sp³-hybridized carbons (Fsp3) is 0.500. The molecule has 8 heteroatoms. The zero-order valence-corrected chi connectivity index (χ0v) is 10.8. The fourth-order valence-corrected chi connectivity index (χ4v) is 2.48. The molecule has 0 saturated heterocycles. The van der Waals surface area contributed by atoms with Crippen LogP contribution in [0.5, 0.6) is 0 Å². The third-order valence-electron chi connectivity index (χ3n) is 3.64. The van der Waals surface area contributed by atoms with E-state index >= 15 is 0 Å². The van der Waals surface area contributed by atoms with Gasteiger partial charge in [0.1, 0.15) is 6.33 Å². The number of aliphatic carboxylic acids is 1. The molecule has 2 aliphatic rings. The zero-order valence-electron chi connectivity index (χ0n) is 10.8. The highest BCUT2D eigenvalue weighted by Gasteiger charge is 2.28. The first kappa shape index (κ1) is 12.6. The molecule has 2 atom stereocenters. The van der Waals surface area contributed by atoms with Gasteiger partial charge in [0.2, 0.25) is 0 Å². The maximum absolute atomic E-state index is 12.1. The predicted octanol–water partition coefficient (Wildman–Crippen LogP) is -0.167. The molecule has 1 aromatic rings. The summed E-state index contributed by atoms with van der Waals surface area (Å²) in [6.45, 7) is 1.69. The molecule has 0 radical (unpaired) electrons. The summed E-state index contributed by atoms with van der Waals surface area (Å²) in [6, 6.07) is -0.414. The molecule has 8 nitrogen and oxygen atoms in total. The maximum Gasteiger partial charge on any atom is 0.318 e. The van der Waals surface area contributed by atoms with Gasteiger partial charge in [0.05, 0.1) is 18.5 Å². The Morgan fingerprint density at radius 1 is 1.35 bits per heavy atom. The zero-order chi connectivity index (χ0) is 14.1. The normalized spacial score (nSPS) is 24.5. The van der Waals surface area contributed by atoms with Gasteiger partial charge < -0.3 is 19.9 Å². The van der Waals surface area contributed by atoms with Crippen LogP contribution in [-0.2, 0) is 17.9 Å². The van der Waals surface area contributed by atoms with Gasteiger partial charge in [-0.2, -0.15) is 0 Å². The molecule has 20 heavy (non-hydrogen) atoms. The van der Waals surface area contributed by atoms with E-state index in [9.17, 15) is 9.59 Å². The lowest BCUT2D eigenvalue weighted by Crippen LogP contribution is -2.47. The number of nitrogens with zero attached hydrogens (tertiary/aromatic N) is 4. The average molecular weight is 277 g/mol. The molecule has 106 valence electrons. The van der Waals surface area contributed by atoms with Gasteiger partial charge in [-0.05, 0) is 6.42 Å². The van der Waals surface area contributed by atoms with Crippen LogP contribution < -0.4 is 5.32 Å². The van der Waals surface area contributed by atoms with Crippen LogP contribution in [0.2, 0.25) is 0 Å². The lowest BCUT2D eigenvalue weighted by atomic mass is 10.1. The Bertz CT molecular complexity index is 567. The Labute approximate surface area is 115 Å². The van der Waals surface area contributed by atoms with E-state index in [2.05, 4.69) is 15.5 Å². The molecule has 0 fully saturated rings. The highest BCUT2D eigenvalue weighted by molar-refractivity contribution is 5.76. The van der Waals surface area contributed by atoms with E-state index in [1.165, 1.54) is 0 Å². The first-order valence-corrected chi connectivity index (χ1v) is 6.47. The number of carboxylic acids is 1. The van der Waals surface area contributed by atoms with Gasteiger partial charge in [0.25, 0.3) is 0 Å². The standard InChI is InChI=1S/C12H15N5O3/c18-11(19)8-1-2-9(5-8)14-12(20)16-3-4-17-7-13-15-10(17)6-16/h1-2,7-9H,3-6H2,(H,14,20)(H,18,19). The second-order valence-corrected chi connectivity index (χ2v) is 4.98. The number of urea groups is 1. The van der Waals surface area contributed by atoms with Crippen molar-refractivity contribution in [1.29, 1.82) is 0 Å². The van der Waals surface area contributed by atoms with Crippen molar-refractivity contribution in [1.82, 2.24) is 25.0 Å². The molecule has 3 rings (SSSR count). The van der Waals surface area contributed by atoms with E-state index in [0.717, 1.165) is 5.82 Å². The van der Waals surface area contributed by atoms with Crippen LogP contribution in [0.4, 0.5) is 4.79 Å². The van der Waals surface area contributed by atoms with E-state index in [-0.39, 0.29) is 12.1 Å². The van der Waals surface area contributed by atoms with Gasteiger partial charge in [-0.25, -0.2) is 4.79 Å². The number of aromatic nitrogens is 3. The summed E-state index contributed by atoms with van der Waals surface area (Å²) in [5.41, 5.74) is 0. The molecule has 0 saturated carbocycles. The number of nitrogens with one attached hydrogen (secondary N) is 1. The van der Waals surface area contributed by atoms with Crippen LogP contribution in [0.3, 0.4) is 0 Å². The Balaban J connectivity index is 1.56. The number of carboxylic acid groups (broad SMARTS) is 1. The molecular formula is C12H15N5O3. The van der Waals surface area contributed by atoms with Gasteiger partial charge in [-0.1, -0.05) is 12.2 Å². The molecular weight excluding hydrogens is 262 g/mol. The molecule has 2 unspecified atom stereocenters. The Hall–Kier alpha value is -2.38. The van der Waals surface area contributed by atoms with Crippen molar-refractivity contribution in [3.63, 3.8) is 0 Å². The second kappa shape index (κ2) is 4.95. The summed E-state index contributed by atoms with van der Waals surface area (Å²) in [7, 11) is 0. The van der Waals surface area contributed by atoms with E-state index in [1.807, 2.05) is 4.57 Å². The molecule has 1 aliphatic carbocycles. The minimum Gasteiger partial charge on any atom is -0.481 e. The molecule has 1 aliphatic heterocycles. The SMILES string of the molecule is O=C(O)C1C=CC(NC(=O)N2CCn3cnnc3C2)C1. The predicted molar refractivity (Wildman–Crippen MR) is 67.6 cm³/mol. The quantitative estimate of drug-likeness (QED) is 0.731. The van der Waals surface area contributed by atoms with Crippen LogP contribution in [0.1, 0.15) is 12.2 Å². The van der Waals surface area contributed by atoms with Crippen molar-refractivity contribution in [3.8, 4) is 0 Å². The van der Waals surface area contributed by atoms with Crippen molar-refractivity contribution < 1.29 is 14.7 Å². The van der Waals surface area contributed by atoms with Crippen LogP contribution in [0, 0.1) is 5.92 Å². The summed E-state index contributed by atoms with van der Waals surface area (Å²) in [4.78, 5) is 24.6. The van der Waals surface area contributed by atoms with Gasteiger partial charge in [-0.3, -0.25) is 4.79 Å². The molecule has 2 N–H and O–H groups in total. The van der Waals surface area contributed by atoms with Crippen LogP contribution in [0.15, 0.2) is 18.5 Å². The fourth-order valence-electron chi connectivity index (χ4n) is 2.48. The summed E-state index contributed by atoms with van der Waals surface area (Å²) >= 11 is 0. The largest absolute Gasteiger partial charge is 0.481 e. The van der Waals surface area contributed by atoms with Gasteiger partial charge in [0, 0.05) is 13.1 Å². The van der Waals surface area contributed by atoms with Crippen LogP contribution in [-0.4, -0.2) is 49.4 Å². The van der Waals surface area contributed by atoms with E-state index in [4.69, 9.17) is 5.11 Å². The van der Waals surface area contributed by atoms with Crippen LogP contribution >= 0.6 is 0 Å². The van der Waals surface area contributed by atoms with Crippen molar-refractivity contribution in [2.75, 3.05) is 6.54 Å². The monoisotopic (exact) mass is 277 g/mol. The number of hydrogen-bond donors (Lipinski definition) is 2. The smallest absolute Gasteiger partial charge is 0.318 e. The average Bonchev–Trinajstić information content (AvgIpc) is 3.05. The lowest BCUT2D eigenvalue weighted by molar-refractivity contribution is -0.140. The minimum absolute atomic E-state index is 0.195. The highest BCUT2D eigenvalue weighted by atomic mass is 16.4. The maximum atomic E-state index is 12.1. The summed E-state index contributed by atoms with van der Waals surface area (Å²) in [6.07, 6.45) is 5.43. The third-order valence-corrected chi connectivity index (χ3v) is 3.64. The Kier molecular flexibility index (Phi) is 3.13. The van der Waals surface area contributed by atoms with Gasteiger partial charge in [-0.15, -0.1) is 10.2 Å². The third kappa shape index (κ3) is 2.36. The van der Waals surface area contributed by atoms with E-state index in [1.54, 1.807) is 23.4 Å². The van der Waals surface area contributed by atoms with E-state index in [0.29, 0.717) is 26.1 Å². The number of hydrogen-bond acceptors (Lipinski definition) is 4. The van der Waals surface area contributed by atoms with Gasteiger partial charge in [0.15, 0.2) is 5.82 Å². The molecule has 2 amide bonds. The molecule has 0 aromatic carbocycles. The number of fused-ring (bicyclic) bond motifs is 1. The summed E-state index contributed by atoms with van der Waals surface area (Å²) < 4.78 is 1.92. The molecule has 1 aromatic heterocycles. The summed E-state index contributed by atoms with van der Waals surface area (Å²) in [5, 5.41) is 19.5. The number of carbonyl (C=O) groups is 2.